The first-order chi connectivity index (χ1) is 8.36. The van der Waals surface area contributed by atoms with Crippen LogP contribution in [0.4, 0.5) is 4.79 Å². The van der Waals surface area contributed by atoms with Gasteiger partial charge in [0, 0.05) is 13.0 Å². The minimum absolute atomic E-state index is 0.0201. The van der Waals surface area contributed by atoms with E-state index >= 15 is 0 Å². The molecule has 0 aliphatic rings. The van der Waals surface area contributed by atoms with Crippen LogP contribution in [0.2, 0.25) is 0 Å². The summed E-state index contributed by atoms with van der Waals surface area (Å²) in [6, 6.07) is -1.26. The van der Waals surface area contributed by atoms with E-state index in [2.05, 4.69) is 10.6 Å². The summed E-state index contributed by atoms with van der Waals surface area (Å²) in [7, 11) is 0. The van der Waals surface area contributed by atoms with Crippen molar-refractivity contribution in [3.8, 4) is 0 Å². The van der Waals surface area contributed by atoms with Gasteiger partial charge in [0.1, 0.15) is 6.04 Å². The van der Waals surface area contributed by atoms with E-state index in [9.17, 15) is 14.4 Å². The topological polar surface area (TPSA) is 105 Å². The summed E-state index contributed by atoms with van der Waals surface area (Å²) in [4.78, 5) is 33.0. The van der Waals surface area contributed by atoms with Crippen LogP contribution >= 0.6 is 0 Å². The van der Waals surface area contributed by atoms with E-state index in [1.807, 2.05) is 0 Å². The molecule has 0 saturated carbocycles. The average molecular weight is 260 g/mol. The highest BCUT2D eigenvalue weighted by molar-refractivity contribution is 5.83. The van der Waals surface area contributed by atoms with E-state index in [0.29, 0.717) is 0 Å². The van der Waals surface area contributed by atoms with E-state index in [1.54, 1.807) is 13.8 Å². The van der Waals surface area contributed by atoms with Gasteiger partial charge in [-0.15, -0.1) is 0 Å². The lowest BCUT2D eigenvalue weighted by molar-refractivity contribution is -0.144. The number of amides is 2. The second-order valence-electron chi connectivity index (χ2n) is 4.03. The van der Waals surface area contributed by atoms with Gasteiger partial charge in [0.15, 0.2) is 0 Å². The monoisotopic (exact) mass is 260 g/mol. The zero-order valence-electron chi connectivity index (χ0n) is 10.9. The Morgan fingerprint density at radius 1 is 1.28 bits per heavy atom. The van der Waals surface area contributed by atoms with E-state index < -0.39 is 24.0 Å². The van der Waals surface area contributed by atoms with Crippen LogP contribution in [0.1, 0.15) is 27.2 Å². The molecule has 0 heterocycles. The zero-order valence-corrected chi connectivity index (χ0v) is 10.9. The number of hydrogen-bond donors (Lipinski definition) is 3. The Bertz CT molecular complexity index is 306. The first-order valence-corrected chi connectivity index (χ1v) is 5.79. The van der Waals surface area contributed by atoms with Crippen LogP contribution in [0.25, 0.3) is 0 Å². The Kier molecular flexibility index (Phi) is 7.50. The molecule has 7 heteroatoms. The Hall–Kier alpha value is -1.79. The van der Waals surface area contributed by atoms with E-state index in [1.165, 1.54) is 6.92 Å². The highest BCUT2D eigenvalue weighted by atomic mass is 16.5. The number of carbonyl (C=O) groups excluding carboxylic acids is 2. The molecule has 3 N–H and O–H groups in total. The predicted octanol–water partition coefficient (Wildman–Crippen LogP) is 0.348. The number of carboxylic acid groups (broad SMARTS) is 1. The average Bonchev–Trinajstić information content (AvgIpc) is 2.25. The van der Waals surface area contributed by atoms with Crippen LogP contribution in [-0.2, 0) is 14.3 Å². The molecule has 0 aliphatic heterocycles. The van der Waals surface area contributed by atoms with Gasteiger partial charge in [0.25, 0.3) is 0 Å². The van der Waals surface area contributed by atoms with Gasteiger partial charge in [-0.1, -0.05) is 6.92 Å². The lowest BCUT2D eigenvalue weighted by Gasteiger charge is -2.15. The minimum atomic E-state index is -0.912. The molecule has 0 saturated heterocycles. The third kappa shape index (κ3) is 7.48. The normalized spacial score (nSPS) is 13.3. The summed E-state index contributed by atoms with van der Waals surface area (Å²) in [6.07, 6.45) is -0.0201. The molecule has 0 aromatic carbocycles. The van der Waals surface area contributed by atoms with Crippen LogP contribution in [-0.4, -0.2) is 42.3 Å². The number of hydrogen-bond acceptors (Lipinski definition) is 4. The molecule has 0 aliphatic carbocycles. The van der Waals surface area contributed by atoms with Crippen LogP contribution in [0.15, 0.2) is 0 Å². The molecule has 18 heavy (non-hydrogen) atoms. The fourth-order valence-corrected chi connectivity index (χ4v) is 1.21. The zero-order chi connectivity index (χ0) is 14.1. The number of nitrogens with one attached hydrogen (secondary N) is 2. The number of carbonyl (C=O) groups is 3. The van der Waals surface area contributed by atoms with E-state index in [-0.39, 0.29) is 25.5 Å². The molecule has 0 bridgehead atoms. The fourth-order valence-electron chi connectivity index (χ4n) is 1.21. The molecule has 0 fully saturated rings. The number of ether oxygens (including phenoxy) is 1. The van der Waals surface area contributed by atoms with Crippen molar-refractivity contribution in [2.24, 2.45) is 5.92 Å². The van der Waals surface area contributed by atoms with Crippen LogP contribution in [0.5, 0.6) is 0 Å². The minimum Gasteiger partial charge on any atom is -0.481 e. The molecular weight excluding hydrogens is 240 g/mol. The molecule has 0 rings (SSSR count). The van der Waals surface area contributed by atoms with Crippen molar-refractivity contribution >= 4 is 18.0 Å². The summed E-state index contributed by atoms with van der Waals surface area (Å²) in [5.74, 6) is -1.60. The van der Waals surface area contributed by atoms with Gasteiger partial charge >= 0.3 is 18.0 Å². The van der Waals surface area contributed by atoms with Gasteiger partial charge < -0.3 is 20.5 Å². The van der Waals surface area contributed by atoms with E-state index in [4.69, 9.17) is 9.84 Å². The third-order valence-electron chi connectivity index (χ3n) is 2.12. The Balaban J connectivity index is 3.90. The number of carboxylic acids is 1. The highest BCUT2D eigenvalue weighted by Gasteiger charge is 2.16. The lowest BCUT2D eigenvalue weighted by atomic mass is 10.1. The van der Waals surface area contributed by atoms with Crippen LogP contribution in [0, 0.1) is 5.92 Å². The van der Waals surface area contributed by atoms with Crippen LogP contribution < -0.4 is 10.6 Å². The molecule has 0 aromatic heterocycles. The molecule has 0 radical (unpaired) electrons. The summed E-state index contributed by atoms with van der Waals surface area (Å²) in [6.45, 7) is 5.38. The second kappa shape index (κ2) is 8.32. The van der Waals surface area contributed by atoms with Crippen molar-refractivity contribution in [3.63, 3.8) is 0 Å². The Labute approximate surface area is 106 Å². The van der Waals surface area contributed by atoms with Crippen molar-refractivity contribution in [2.45, 2.75) is 33.2 Å². The van der Waals surface area contributed by atoms with Gasteiger partial charge in [-0.2, -0.15) is 0 Å². The predicted molar refractivity (Wildman–Crippen MR) is 64.0 cm³/mol. The molecule has 104 valence electrons. The van der Waals surface area contributed by atoms with Crippen molar-refractivity contribution in [2.75, 3.05) is 13.2 Å². The molecule has 0 aromatic rings. The first-order valence-electron chi connectivity index (χ1n) is 5.79. The van der Waals surface area contributed by atoms with Gasteiger partial charge in [-0.25, -0.2) is 9.59 Å². The largest absolute Gasteiger partial charge is 0.481 e. The number of aliphatic carboxylic acids is 1. The first kappa shape index (κ1) is 16.2. The van der Waals surface area contributed by atoms with Gasteiger partial charge in [-0.05, 0) is 19.8 Å². The van der Waals surface area contributed by atoms with E-state index in [0.717, 1.165) is 0 Å². The smallest absolute Gasteiger partial charge is 0.328 e. The van der Waals surface area contributed by atoms with Crippen molar-refractivity contribution in [3.05, 3.63) is 0 Å². The maximum absolute atomic E-state index is 11.4. The van der Waals surface area contributed by atoms with Crippen molar-refractivity contribution in [1.29, 1.82) is 0 Å². The molecule has 2 amide bonds. The quantitative estimate of drug-likeness (QED) is 0.573. The Morgan fingerprint density at radius 3 is 2.39 bits per heavy atom. The maximum Gasteiger partial charge on any atom is 0.328 e. The maximum atomic E-state index is 11.4. The van der Waals surface area contributed by atoms with Crippen molar-refractivity contribution in [1.82, 2.24) is 10.6 Å². The van der Waals surface area contributed by atoms with Gasteiger partial charge in [0.2, 0.25) is 0 Å². The second-order valence-corrected chi connectivity index (χ2v) is 4.03. The standard InChI is InChI=1S/C11H20N2O5/c1-4-18-10(16)8(3)13-11(17)12-6-7(2)5-9(14)15/h7-8H,4-6H2,1-3H3,(H,14,15)(H2,12,13,17). The molecule has 0 spiro atoms. The lowest BCUT2D eigenvalue weighted by Crippen LogP contribution is -2.46. The SMILES string of the molecule is CCOC(=O)C(C)NC(=O)NCC(C)CC(=O)O. The van der Waals surface area contributed by atoms with Gasteiger partial charge in [-0.3, -0.25) is 4.79 Å². The summed E-state index contributed by atoms with van der Waals surface area (Å²) < 4.78 is 4.72. The third-order valence-corrected chi connectivity index (χ3v) is 2.12. The summed E-state index contributed by atoms with van der Waals surface area (Å²) in [5, 5.41) is 13.4. The fraction of sp³-hybridized carbons (Fsp3) is 0.727. The summed E-state index contributed by atoms with van der Waals surface area (Å²) >= 11 is 0. The Morgan fingerprint density at radius 2 is 1.89 bits per heavy atom. The molecule has 2 atom stereocenters. The molecule has 7 nitrogen and oxygen atoms in total. The van der Waals surface area contributed by atoms with Crippen LogP contribution in [0.3, 0.4) is 0 Å². The number of rotatable bonds is 7. The van der Waals surface area contributed by atoms with Crippen molar-refractivity contribution < 1.29 is 24.2 Å². The van der Waals surface area contributed by atoms with Gasteiger partial charge in [0.05, 0.1) is 6.61 Å². The number of urea groups is 1. The number of esters is 1. The highest BCUT2D eigenvalue weighted by Crippen LogP contribution is 1.99. The summed E-state index contributed by atoms with van der Waals surface area (Å²) in [5.41, 5.74) is 0. The molecular formula is C11H20N2O5. The molecule has 2 unspecified atom stereocenters.